The number of rotatable bonds is 7. The number of nitro groups is 1. The third-order valence-corrected chi connectivity index (χ3v) is 4.20. The van der Waals surface area contributed by atoms with E-state index in [4.69, 9.17) is 11.6 Å². The molecule has 0 aliphatic heterocycles. The summed E-state index contributed by atoms with van der Waals surface area (Å²) in [5.74, 6) is -0.129. The number of alkyl halides is 1. The number of halogens is 1. The van der Waals surface area contributed by atoms with Crippen LogP contribution in [0.1, 0.15) is 42.6 Å². The van der Waals surface area contributed by atoms with Crippen molar-refractivity contribution in [2.75, 3.05) is 6.54 Å². The summed E-state index contributed by atoms with van der Waals surface area (Å²) in [4.78, 5) is 22.7. The zero-order chi connectivity index (χ0) is 16.0. The molecule has 1 atom stereocenters. The van der Waals surface area contributed by atoms with Gasteiger partial charge in [-0.3, -0.25) is 14.9 Å². The Morgan fingerprint density at radius 3 is 2.52 bits per heavy atom. The van der Waals surface area contributed by atoms with E-state index >= 15 is 0 Å². The van der Waals surface area contributed by atoms with E-state index in [9.17, 15) is 14.9 Å². The van der Waals surface area contributed by atoms with Crippen molar-refractivity contribution < 1.29 is 9.72 Å². The third-order valence-electron chi connectivity index (χ3n) is 3.69. The molecular weight excluding hydrogens is 292 g/mol. The predicted octanol–water partition coefficient (Wildman–Crippen LogP) is 3.68. The first-order valence-corrected chi connectivity index (χ1v) is 7.52. The molecule has 0 aromatic heterocycles. The van der Waals surface area contributed by atoms with Gasteiger partial charge in [0.05, 0.1) is 10.3 Å². The predicted molar refractivity (Wildman–Crippen MR) is 83.9 cm³/mol. The van der Waals surface area contributed by atoms with E-state index < -0.39 is 10.8 Å². The molecule has 0 saturated carbocycles. The summed E-state index contributed by atoms with van der Waals surface area (Å²) in [6.07, 6.45) is 1.87. The van der Waals surface area contributed by atoms with Gasteiger partial charge in [-0.25, -0.2) is 0 Å². The van der Waals surface area contributed by atoms with E-state index in [1.165, 1.54) is 6.07 Å². The molecule has 0 bridgehead atoms. The monoisotopic (exact) mass is 312 g/mol. The minimum absolute atomic E-state index is 0.107. The number of carbonyl (C=O) groups excluding carboxylic acids is 1. The van der Waals surface area contributed by atoms with Crippen LogP contribution < -0.4 is 5.32 Å². The van der Waals surface area contributed by atoms with Gasteiger partial charge in [0.1, 0.15) is 5.56 Å². The lowest BCUT2D eigenvalue weighted by Gasteiger charge is -2.19. The van der Waals surface area contributed by atoms with Crippen LogP contribution in [0.2, 0.25) is 0 Å². The molecule has 1 aromatic carbocycles. The van der Waals surface area contributed by atoms with Crippen molar-refractivity contribution in [2.24, 2.45) is 5.92 Å². The van der Waals surface area contributed by atoms with Crippen LogP contribution in [0.25, 0.3) is 0 Å². The smallest absolute Gasteiger partial charge is 0.282 e. The second-order valence-corrected chi connectivity index (χ2v) is 5.59. The highest BCUT2D eigenvalue weighted by Gasteiger charge is 2.23. The van der Waals surface area contributed by atoms with Gasteiger partial charge < -0.3 is 5.32 Å². The second kappa shape index (κ2) is 7.98. The highest BCUT2D eigenvalue weighted by Crippen LogP contribution is 2.22. The molecule has 1 rings (SSSR count). The Morgan fingerprint density at radius 2 is 2.00 bits per heavy atom. The summed E-state index contributed by atoms with van der Waals surface area (Å²) in [6.45, 7) is 6.09. The lowest BCUT2D eigenvalue weighted by atomic mass is 9.99. The standard InChI is InChI=1S/C15H21ClN2O3/c1-4-11(5-2)12(16)9-17-15(19)14-10(3)7-6-8-13(14)18(20)21/h6-8,11-12H,4-5,9H2,1-3H3,(H,17,19). The van der Waals surface area contributed by atoms with Gasteiger partial charge in [0, 0.05) is 12.6 Å². The van der Waals surface area contributed by atoms with Crippen LogP contribution in [0, 0.1) is 23.0 Å². The van der Waals surface area contributed by atoms with E-state index in [1.54, 1.807) is 19.1 Å². The fraction of sp³-hybridized carbons (Fsp3) is 0.533. The summed E-state index contributed by atoms with van der Waals surface area (Å²) in [7, 11) is 0. The molecule has 1 aromatic rings. The molecule has 5 nitrogen and oxygen atoms in total. The van der Waals surface area contributed by atoms with Gasteiger partial charge in [0.15, 0.2) is 0 Å². The van der Waals surface area contributed by atoms with Crippen LogP contribution in [0.4, 0.5) is 5.69 Å². The lowest BCUT2D eigenvalue weighted by Crippen LogP contribution is -2.33. The maximum Gasteiger partial charge on any atom is 0.282 e. The van der Waals surface area contributed by atoms with Crippen molar-refractivity contribution in [2.45, 2.75) is 39.0 Å². The number of nitrogens with one attached hydrogen (secondary N) is 1. The minimum atomic E-state index is -0.541. The summed E-state index contributed by atoms with van der Waals surface area (Å²) in [5.41, 5.74) is 0.507. The summed E-state index contributed by atoms with van der Waals surface area (Å²) in [5, 5.41) is 13.6. The molecule has 21 heavy (non-hydrogen) atoms. The molecule has 0 radical (unpaired) electrons. The van der Waals surface area contributed by atoms with E-state index in [1.807, 2.05) is 0 Å². The van der Waals surface area contributed by atoms with Gasteiger partial charge in [0.25, 0.3) is 11.6 Å². The first-order valence-electron chi connectivity index (χ1n) is 7.08. The fourth-order valence-electron chi connectivity index (χ4n) is 2.35. The minimum Gasteiger partial charge on any atom is -0.350 e. The molecule has 1 N–H and O–H groups in total. The highest BCUT2D eigenvalue weighted by atomic mass is 35.5. The van der Waals surface area contributed by atoms with Crippen LogP contribution in [0.15, 0.2) is 18.2 Å². The molecule has 0 saturated heterocycles. The van der Waals surface area contributed by atoms with E-state index in [0.717, 1.165) is 12.8 Å². The number of nitro benzene ring substituents is 1. The van der Waals surface area contributed by atoms with Crippen LogP contribution in [-0.2, 0) is 0 Å². The zero-order valence-electron chi connectivity index (χ0n) is 12.6. The quantitative estimate of drug-likeness (QED) is 0.474. The van der Waals surface area contributed by atoms with Crippen LogP contribution in [0.5, 0.6) is 0 Å². The first kappa shape index (κ1) is 17.4. The van der Waals surface area contributed by atoms with Gasteiger partial charge in [-0.15, -0.1) is 11.6 Å². The van der Waals surface area contributed by atoms with Crippen LogP contribution in [-0.4, -0.2) is 22.8 Å². The molecule has 1 unspecified atom stereocenters. The van der Waals surface area contributed by atoms with Gasteiger partial charge in [0.2, 0.25) is 0 Å². The van der Waals surface area contributed by atoms with E-state index in [0.29, 0.717) is 18.0 Å². The van der Waals surface area contributed by atoms with Crippen molar-refractivity contribution >= 4 is 23.2 Å². The lowest BCUT2D eigenvalue weighted by molar-refractivity contribution is -0.385. The average molecular weight is 313 g/mol. The number of hydrogen-bond donors (Lipinski definition) is 1. The largest absolute Gasteiger partial charge is 0.350 e. The maximum atomic E-state index is 12.2. The normalized spacial score (nSPS) is 12.2. The molecule has 6 heteroatoms. The fourth-order valence-corrected chi connectivity index (χ4v) is 2.78. The SMILES string of the molecule is CCC(CC)C(Cl)CNC(=O)c1c(C)cccc1[N+](=O)[O-]. The Labute approximate surface area is 129 Å². The zero-order valence-corrected chi connectivity index (χ0v) is 13.3. The van der Waals surface area contributed by atoms with Gasteiger partial charge >= 0.3 is 0 Å². The molecule has 0 fully saturated rings. The summed E-state index contributed by atoms with van der Waals surface area (Å²) >= 11 is 6.27. The number of aryl methyl sites for hydroxylation is 1. The molecule has 0 aliphatic rings. The number of benzene rings is 1. The second-order valence-electron chi connectivity index (χ2n) is 5.03. The highest BCUT2D eigenvalue weighted by molar-refractivity contribution is 6.21. The third kappa shape index (κ3) is 4.43. The molecule has 0 heterocycles. The first-order chi connectivity index (χ1) is 9.92. The van der Waals surface area contributed by atoms with Crippen molar-refractivity contribution in [1.82, 2.24) is 5.32 Å². The Bertz CT molecular complexity index is 516. The Hall–Kier alpha value is -1.62. The summed E-state index contributed by atoms with van der Waals surface area (Å²) < 4.78 is 0. The molecule has 1 amide bonds. The Balaban J connectivity index is 2.84. The van der Waals surface area contributed by atoms with Crippen molar-refractivity contribution in [3.05, 3.63) is 39.4 Å². The van der Waals surface area contributed by atoms with Crippen LogP contribution >= 0.6 is 11.6 Å². The molecule has 0 spiro atoms. The topological polar surface area (TPSA) is 72.2 Å². The van der Waals surface area contributed by atoms with Crippen molar-refractivity contribution in [1.29, 1.82) is 0 Å². The molecular formula is C15H21ClN2O3. The summed E-state index contributed by atoms with van der Waals surface area (Å²) in [6, 6.07) is 4.58. The van der Waals surface area contributed by atoms with Gasteiger partial charge in [-0.05, 0) is 18.4 Å². The average Bonchev–Trinajstić information content (AvgIpc) is 2.45. The number of hydrogen-bond acceptors (Lipinski definition) is 3. The molecule has 116 valence electrons. The van der Waals surface area contributed by atoms with Crippen molar-refractivity contribution in [3.8, 4) is 0 Å². The Morgan fingerprint density at radius 1 is 1.38 bits per heavy atom. The van der Waals surface area contributed by atoms with Crippen LogP contribution in [0.3, 0.4) is 0 Å². The number of nitrogens with zero attached hydrogens (tertiary/aromatic N) is 1. The number of amides is 1. The number of carbonyl (C=O) groups is 1. The van der Waals surface area contributed by atoms with E-state index in [-0.39, 0.29) is 16.6 Å². The van der Waals surface area contributed by atoms with Gasteiger partial charge in [-0.1, -0.05) is 38.8 Å². The van der Waals surface area contributed by atoms with Crippen molar-refractivity contribution in [3.63, 3.8) is 0 Å². The van der Waals surface area contributed by atoms with E-state index in [2.05, 4.69) is 19.2 Å². The van der Waals surface area contributed by atoms with Gasteiger partial charge in [-0.2, -0.15) is 0 Å². The maximum absolute atomic E-state index is 12.2. The molecule has 0 aliphatic carbocycles. The Kier molecular flexibility index (Phi) is 6.62.